The molecule has 0 unspecified atom stereocenters. The second-order valence-corrected chi connectivity index (χ2v) is 3.06. The van der Waals surface area contributed by atoms with E-state index >= 15 is 0 Å². The first-order valence-electron chi connectivity index (χ1n) is 4.24. The van der Waals surface area contributed by atoms with Crippen molar-refractivity contribution in [3.8, 4) is 11.5 Å². The Labute approximate surface area is 91.7 Å². The maximum Gasteiger partial charge on any atom is 0.274 e. The largest absolute Gasteiger partial charge is 0.493 e. The van der Waals surface area contributed by atoms with E-state index in [1.165, 1.54) is 19.2 Å². The molecule has 0 saturated heterocycles. The van der Waals surface area contributed by atoms with Crippen LogP contribution in [-0.2, 0) is 0 Å². The van der Waals surface area contributed by atoms with Crippen molar-refractivity contribution in [2.24, 2.45) is 0 Å². The van der Waals surface area contributed by atoms with Crippen LogP contribution in [0.3, 0.4) is 0 Å². The Kier molecular flexibility index (Phi) is 3.74. The number of benzene rings is 1. The summed E-state index contributed by atoms with van der Waals surface area (Å²) in [4.78, 5) is 10.0. The molecular weight excluding hydrogens is 222 g/mol. The molecule has 0 amide bonds. The lowest BCUT2D eigenvalue weighted by Gasteiger charge is -2.10. The van der Waals surface area contributed by atoms with Crippen molar-refractivity contribution in [1.82, 2.24) is 0 Å². The van der Waals surface area contributed by atoms with Gasteiger partial charge in [0.05, 0.1) is 29.7 Å². The van der Waals surface area contributed by atoms with Crippen LogP contribution in [0.4, 0.5) is 5.69 Å². The third kappa shape index (κ3) is 2.50. The van der Waals surface area contributed by atoms with E-state index in [-0.39, 0.29) is 16.5 Å². The minimum atomic E-state index is -0.538. The van der Waals surface area contributed by atoms with Crippen molar-refractivity contribution in [2.45, 2.75) is 6.92 Å². The van der Waals surface area contributed by atoms with Gasteiger partial charge in [0.15, 0.2) is 11.5 Å². The Balaban J connectivity index is 3.24. The molecule has 15 heavy (non-hydrogen) atoms. The number of non-ortho nitro benzene ring substituents is 1. The van der Waals surface area contributed by atoms with E-state index in [1.807, 2.05) is 0 Å². The predicted octanol–water partition coefficient (Wildman–Crippen LogP) is 2.66. The van der Waals surface area contributed by atoms with Gasteiger partial charge in [-0.3, -0.25) is 10.1 Å². The fraction of sp³-hybridized carbons (Fsp3) is 0.333. The van der Waals surface area contributed by atoms with Gasteiger partial charge in [0.25, 0.3) is 5.69 Å². The summed E-state index contributed by atoms with van der Waals surface area (Å²) in [6, 6.07) is 2.51. The van der Waals surface area contributed by atoms with E-state index < -0.39 is 4.92 Å². The number of rotatable bonds is 4. The van der Waals surface area contributed by atoms with Crippen LogP contribution in [0.2, 0.25) is 5.02 Å². The standard InChI is InChI=1S/C9H10ClNO4/c1-3-15-9-7(10)4-6(11(12)13)5-8(9)14-2/h4-5H,3H2,1-2H3. The van der Waals surface area contributed by atoms with Gasteiger partial charge in [0, 0.05) is 6.07 Å². The first-order valence-corrected chi connectivity index (χ1v) is 4.62. The number of nitro groups is 1. The molecule has 0 heterocycles. The molecule has 0 fully saturated rings. The highest BCUT2D eigenvalue weighted by Gasteiger charge is 2.16. The summed E-state index contributed by atoms with van der Waals surface area (Å²) in [6.07, 6.45) is 0. The Bertz CT molecular complexity index is 381. The molecule has 0 spiro atoms. The van der Waals surface area contributed by atoms with Crippen molar-refractivity contribution in [2.75, 3.05) is 13.7 Å². The minimum absolute atomic E-state index is 0.125. The average molecular weight is 232 g/mol. The van der Waals surface area contributed by atoms with E-state index in [9.17, 15) is 10.1 Å². The molecule has 6 heteroatoms. The lowest BCUT2D eigenvalue weighted by molar-refractivity contribution is -0.384. The van der Waals surface area contributed by atoms with Crippen LogP contribution in [-0.4, -0.2) is 18.6 Å². The lowest BCUT2D eigenvalue weighted by Crippen LogP contribution is -1.98. The Morgan fingerprint density at radius 2 is 2.20 bits per heavy atom. The monoisotopic (exact) mass is 231 g/mol. The van der Waals surface area contributed by atoms with E-state index in [2.05, 4.69) is 0 Å². The first-order chi connectivity index (χ1) is 7.10. The maximum absolute atomic E-state index is 10.5. The van der Waals surface area contributed by atoms with Crippen molar-refractivity contribution in [3.05, 3.63) is 27.3 Å². The zero-order valence-electron chi connectivity index (χ0n) is 8.32. The normalized spacial score (nSPS) is 9.80. The molecule has 0 aliphatic heterocycles. The fourth-order valence-corrected chi connectivity index (χ4v) is 1.36. The third-order valence-corrected chi connectivity index (χ3v) is 1.99. The van der Waals surface area contributed by atoms with E-state index in [1.54, 1.807) is 6.92 Å². The van der Waals surface area contributed by atoms with Crippen LogP contribution in [0.5, 0.6) is 11.5 Å². The van der Waals surface area contributed by atoms with Crippen molar-refractivity contribution in [1.29, 1.82) is 0 Å². The summed E-state index contributed by atoms with van der Waals surface area (Å²) in [5, 5.41) is 10.7. The second kappa shape index (κ2) is 4.84. The molecule has 0 saturated carbocycles. The molecule has 0 aromatic heterocycles. The van der Waals surface area contributed by atoms with Crippen molar-refractivity contribution in [3.63, 3.8) is 0 Å². The van der Waals surface area contributed by atoms with Gasteiger partial charge in [-0.15, -0.1) is 0 Å². The summed E-state index contributed by atoms with van der Waals surface area (Å²) in [5.74, 6) is 0.586. The smallest absolute Gasteiger partial charge is 0.274 e. The van der Waals surface area contributed by atoms with Gasteiger partial charge in [-0.25, -0.2) is 0 Å². The van der Waals surface area contributed by atoms with E-state index in [4.69, 9.17) is 21.1 Å². The molecule has 0 aliphatic carbocycles. The molecule has 0 aliphatic rings. The fourth-order valence-electron chi connectivity index (χ4n) is 1.10. The Morgan fingerprint density at radius 3 is 2.67 bits per heavy atom. The zero-order chi connectivity index (χ0) is 11.4. The molecule has 82 valence electrons. The number of ether oxygens (including phenoxy) is 2. The number of halogens is 1. The minimum Gasteiger partial charge on any atom is -0.493 e. The maximum atomic E-state index is 10.5. The Hall–Kier alpha value is -1.49. The number of methoxy groups -OCH3 is 1. The van der Waals surface area contributed by atoms with Crippen LogP contribution in [0.25, 0.3) is 0 Å². The summed E-state index contributed by atoms with van der Waals surface area (Å²) < 4.78 is 10.2. The van der Waals surface area contributed by atoms with Crippen LogP contribution >= 0.6 is 11.6 Å². The predicted molar refractivity (Wildman–Crippen MR) is 55.8 cm³/mol. The SMILES string of the molecule is CCOc1c(Cl)cc([N+](=O)[O-])cc1OC. The van der Waals surface area contributed by atoms with Gasteiger partial charge < -0.3 is 9.47 Å². The van der Waals surface area contributed by atoms with Gasteiger partial charge in [0.2, 0.25) is 0 Å². The molecule has 1 rings (SSSR count). The van der Waals surface area contributed by atoms with Crippen molar-refractivity contribution >= 4 is 17.3 Å². The van der Waals surface area contributed by atoms with Gasteiger partial charge in [-0.2, -0.15) is 0 Å². The van der Waals surface area contributed by atoms with Crippen LogP contribution in [0.15, 0.2) is 12.1 Å². The molecule has 1 aromatic carbocycles. The van der Waals surface area contributed by atoms with Gasteiger partial charge >= 0.3 is 0 Å². The molecule has 0 bridgehead atoms. The summed E-state index contributed by atoms with van der Waals surface area (Å²) in [5.41, 5.74) is -0.125. The second-order valence-electron chi connectivity index (χ2n) is 2.65. The topological polar surface area (TPSA) is 61.6 Å². The van der Waals surface area contributed by atoms with Crippen LogP contribution < -0.4 is 9.47 Å². The highest BCUT2D eigenvalue weighted by atomic mass is 35.5. The molecular formula is C9H10ClNO4. The van der Waals surface area contributed by atoms with Gasteiger partial charge in [-0.05, 0) is 6.92 Å². The average Bonchev–Trinajstić information content (AvgIpc) is 2.20. The molecule has 0 radical (unpaired) electrons. The number of nitrogens with zero attached hydrogens (tertiary/aromatic N) is 1. The molecule has 5 nitrogen and oxygen atoms in total. The third-order valence-electron chi connectivity index (χ3n) is 1.71. The van der Waals surface area contributed by atoms with Gasteiger partial charge in [-0.1, -0.05) is 11.6 Å². The summed E-state index contributed by atoms with van der Waals surface area (Å²) in [7, 11) is 1.40. The van der Waals surface area contributed by atoms with E-state index in [0.717, 1.165) is 0 Å². The highest BCUT2D eigenvalue weighted by molar-refractivity contribution is 6.32. The summed E-state index contributed by atoms with van der Waals surface area (Å²) in [6.45, 7) is 2.20. The quantitative estimate of drug-likeness (QED) is 0.590. The zero-order valence-corrected chi connectivity index (χ0v) is 9.08. The molecule has 0 atom stereocenters. The van der Waals surface area contributed by atoms with Crippen molar-refractivity contribution < 1.29 is 14.4 Å². The number of nitro benzene ring substituents is 1. The van der Waals surface area contributed by atoms with Crippen LogP contribution in [0.1, 0.15) is 6.92 Å². The number of hydrogen-bond acceptors (Lipinski definition) is 4. The molecule has 1 aromatic rings. The Morgan fingerprint density at radius 1 is 1.53 bits per heavy atom. The first kappa shape index (κ1) is 11.6. The molecule has 0 N–H and O–H groups in total. The van der Waals surface area contributed by atoms with Crippen LogP contribution in [0, 0.1) is 10.1 Å². The summed E-state index contributed by atoms with van der Waals surface area (Å²) >= 11 is 5.83. The highest BCUT2D eigenvalue weighted by Crippen LogP contribution is 2.38. The van der Waals surface area contributed by atoms with E-state index in [0.29, 0.717) is 12.4 Å². The van der Waals surface area contributed by atoms with Gasteiger partial charge in [0.1, 0.15) is 0 Å². The lowest BCUT2D eigenvalue weighted by atomic mass is 10.3. The number of hydrogen-bond donors (Lipinski definition) is 0.